The zero-order valence-electron chi connectivity index (χ0n) is 10.2. The molecule has 2 rings (SSSR count). The van der Waals surface area contributed by atoms with E-state index in [1.54, 1.807) is 19.9 Å². The highest BCUT2D eigenvalue weighted by molar-refractivity contribution is 6.34. The molecule has 0 bridgehead atoms. The minimum Gasteiger partial charge on any atom is -0.352 e. The zero-order valence-corrected chi connectivity index (χ0v) is 11.0. The van der Waals surface area contributed by atoms with E-state index in [1.165, 1.54) is 6.20 Å². The van der Waals surface area contributed by atoms with Crippen molar-refractivity contribution in [3.8, 4) is 6.07 Å². The van der Waals surface area contributed by atoms with Gasteiger partial charge in [-0.1, -0.05) is 11.6 Å². The fourth-order valence-corrected chi connectivity index (χ4v) is 2.23. The molecule has 1 fully saturated rings. The van der Waals surface area contributed by atoms with E-state index >= 15 is 0 Å². The largest absolute Gasteiger partial charge is 0.352 e. The second-order valence-electron chi connectivity index (χ2n) is 4.57. The fraction of sp³-hybridized carbons (Fsp3) is 0.417. The predicted octanol–water partition coefficient (Wildman–Crippen LogP) is 1.32. The van der Waals surface area contributed by atoms with Gasteiger partial charge < -0.3 is 10.2 Å². The maximum atomic E-state index is 11.9. The van der Waals surface area contributed by atoms with Gasteiger partial charge in [0.2, 0.25) is 5.91 Å². The maximum absolute atomic E-state index is 11.9. The van der Waals surface area contributed by atoms with Crippen molar-refractivity contribution >= 4 is 23.3 Å². The third-order valence-corrected chi connectivity index (χ3v) is 3.47. The molecule has 0 atom stereocenters. The summed E-state index contributed by atoms with van der Waals surface area (Å²) in [6.07, 6.45) is 1.53. The summed E-state index contributed by atoms with van der Waals surface area (Å²) in [5, 5.41) is 12.1. The molecule has 1 aliphatic rings. The number of carbonyl (C=O) groups is 1. The van der Waals surface area contributed by atoms with Gasteiger partial charge in [-0.25, -0.2) is 4.98 Å². The number of aromatic nitrogens is 1. The van der Waals surface area contributed by atoms with Crippen LogP contribution in [-0.2, 0) is 4.79 Å². The van der Waals surface area contributed by atoms with Gasteiger partial charge >= 0.3 is 0 Å². The lowest BCUT2D eigenvalue weighted by Crippen LogP contribution is -2.62. The number of pyridine rings is 1. The maximum Gasteiger partial charge on any atom is 0.245 e. The molecule has 0 saturated carbocycles. The first-order valence-electron chi connectivity index (χ1n) is 5.59. The predicted molar refractivity (Wildman–Crippen MR) is 68.4 cm³/mol. The topological polar surface area (TPSA) is 69.0 Å². The summed E-state index contributed by atoms with van der Waals surface area (Å²) >= 11 is 6.16. The van der Waals surface area contributed by atoms with Crippen molar-refractivity contribution in [3.63, 3.8) is 0 Å². The van der Waals surface area contributed by atoms with Gasteiger partial charge in [-0.05, 0) is 19.9 Å². The Bertz CT molecular complexity index is 535. The smallest absolute Gasteiger partial charge is 0.245 e. The van der Waals surface area contributed by atoms with Crippen LogP contribution < -0.4 is 10.2 Å². The van der Waals surface area contributed by atoms with Crippen LogP contribution in [0.5, 0.6) is 0 Å². The van der Waals surface area contributed by atoms with Crippen LogP contribution in [0, 0.1) is 11.3 Å². The molecular formula is C12H13ClN4O. The number of hydrogen-bond donors (Lipinski definition) is 1. The molecule has 0 aromatic carbocycles. The average Bonchev–Trinajstić information content (AvgIpc) is 2.34. The van der Waals surface area contributed by atoms with Gasteiger partial charge in [0.1, 0.15) is 22.4 Å². The number of carbonyl (C=O) groups excluding carboxylic acids is 1. The lowest BCUT2D eigenvalue weighted by atomic mass is 9.99. The lowest BCUT2D eigenvalue weighted by molar-refractivity contribution is -0.126. The molecule has 94 valence electrons. The molecule has 1 aromatic heterocycles. The molecule has 0 unspecified atom stereocenters. The molecule has 1 aromatic rings. The van der Waals surface area contributed by atoms with Crippen LogP contribution in [0.1, 0.15) is 19.4 Å². The number of nitriles is 1. The van der Waals surface area contributed by atoms with E-state index in [9.17, 15) is 4.79 Å². The molecule has 18 heavy (non-hydrogen) atoms. The van der Waals surface area contributed by atoms with Crippen LogP contribution >= 0.6 is 11.6 Å². The van der Waals surface area contributed by atoms with E-state index in [4.69, 9.17) is 16.9 Å². The minimum absolute atomic E-state index is 0.0750. The van der Waals surface area contributed by atoms with Crippen LogP contribution in [0.3, 0.4) is 0 Å². The molecular weight excluding hydrogens is 252 g/mol. The third-order valence-electron chi connectivity index (χ3n) is 3.10. The van der Waals surface area contributed by atoms with Crippen molar-refractivity contribution < 1.29 is 4.79 Å². The number of piperazine rings is 1. The highest BCUT2D eigenvalue weighted by Gasteiger charge is 2.39. The molecule has 1 amide bonds. The van der Waals surface area contributed by atoms with Gasteiger partial charge in [-0.2, -0.15) is 5.26 Å². The Balaban J connectivity index is 2.49. The Hall–Kier alpha value is -1.80. The molecule has 1 saturated heterocycles. The Labute approximate surface area is 110 Å². The monoisotopic (exact) mass is 264 g/mol. The number of amides is 1. The highest BCUT2D eigenvalue weighted by Crippen LogP contribution is 2.32. The number of rotatable bonds is 1. The van der Waals surface area contributed by atoms with Crippen molar-refractivity contribution in [3.05, 3.63) is 22.8 Å². The van der Waals surface area contributed by atoms with E-state index < -0.39 is 5.54 Å². The molecule has 0 aliphatic carbocycles. The molecule has 5 nitrogen and oxygen atoms in total. The summed E-state index contributed by atoms with van der Waals surface area (Å²) in [7, 11) is 0. The average molecular weight is 265 g/mol. The number of halogens is 1. The second-order valence-corrected chi connectivity index (χ2v) is 4.95. The summed E-state index contributed by atoms with van der Waals surface area (Å²) < 4.78 is 0. The van der Waals surface area contributed by atoms with Crippen molar-refractivity contribution in [1.82, 2.24) is 10.3 Å². The molecule has 0 spiro atoms. The van der Waals surface area contributed by atoms with Gasteiger partial charge in [-0.3, -0.25) is 4.79 Å². The molecule has 0 radical (unpaired) electrons. The first-order valence-corrected chi connectivity index (χ1v) is 5.97. The van der Waals surface area contributed by atoms with Crippen molar-refractivity contribution in [2.24, 2.45) is 0 Å². The zero-order chi connectivity index (χ0) is 13.3. The second kappa shape index (κ2) is 4.46. The summed E-state index contributed by atoms with van der Waals surface area (Å²) in [4.78, 5) is 17.9. The van der Waals surface area contributed by atoms with Gasteiger partial charge in [0, 0.05) is 19.3 Å². The Kier molecular flexibility index (Phi) is 3.14. The number of anilines is 1. The van der Waals surface area contributed by atoms with E-state index in [2.05, 4.69) is 10.3 Å². The van der Waals surface area contributed by atoms with Crippen LogP contribution in [0.15, 0.2) is 12.3 Å². The number of nitrogens with one attached hydrogen (secondary N) is 1. The first-order chi connectivity index (χ1) is 8.48. The Morgan fingerprint density at radius 3 is 3.00 bits per heavy atom. The number of nitrogens with zero attached hydrogens (tertiary/aromatic N) is 3. The van der Waals surface area contributed by atoms with Crippen molar-refractivity contribution in [1.29, 1.82) is 5.26 Å². The third kappa shape index (κ3) is 1.89. The van der Waals surface area contributed by atoms with Crippen molar-refractivity contribution in [2.45, 2.75) is 19.4 Å². The van der Waals surface area contributed by atoms with Crippen LogP contribution in [-0.4, -0.2) is 29.5 Å². The fourth-order valence-electron chi connectivity index (χ4n) is 1.98. The van der Waals surface area contributed by atoms with E-state index in [-0.39, 0.29) is 5.91 Å². The molecule has 1 aliphatic heterocycles. The van der Waals surface area contributed by atoms with Gasteiger partial charge in [-0.15, -0.1) is 0 Å². The van der Waals surface area contributed by atoms with Crippen LogP contribution in [0.25, 0.3) is 0 Å². The SMILES string of the molecule is CC1(C)C(=O)NCCN1c1nccc(C#N)c1Cl. The summed E-state index contributed by atoms with van der Waals surface area (Å²) in [5.74, 6) is 0.407. The standard InChI is InChI=1S/C12H13ClN4O/c1-12(2)11(18)16-5-6-17(12)10-9(13)8(7-14)3-4-15-10/h3-4H,5-6H2,1-2H3,(H,16,18). The molecule has 1 N–H and O–H groups in total. The summed E-state index contributed by atoms with van der Waals surface area (Å²) in [6.45, 7) is 4.76. The quantitative estimate of drug-likeness (QED) is 0.831. The first kappa shape index (κ1) is 12.7. The summed E-state index contributed by atoms with van der Waals surface area (Å²) in [5.41, 5.74) is -0.369. The van der Waals surface area contributed by atoms with Crippen molar-refractivity contribution in [2.75, 3.05) is 18.0 Å². The Morgan fingerprint density at radius 1 is 1.61 bits per heavy atom. The lowest BCUT2D eigenvalue weighted by Gasteiger charge is -2.42. The number of hydrogen-bond acceptors (Lipinski definition) is 4. The van der Waals surface area contributed by atoms with E-state index in [0.29, 0.717) is 29.5 Å². The minimum atomic E-state index is -0.733. The van der Waals surface area contributed by atoms with Crippen LogP contribution in [0.4, 0.5) is 5.82 Å². The van der Waals surface area contributed by atoms with E-state index in [0.717, 1.165) is 0 Å². The van der Waals surface area contributed by atoms with Gasteiger partial charge in [0.05, 0.1) is 5.56 Å². The van der Waals surface area contributed by atoms with Gasteiger partial charge in [0.15, 0.2) is 0 Å². The highest BCUT2D eigenvalue weighted by atomic mass is 35.5. The van der Waals surface area contributed by atoms with Crippen LogP contribution in [0.2, 0.25) is 5.02 Å². The molecule has 2 heterocycles. The van der Waals surface area contributed by atoms with Gasteiger partial charge in [0.25, 0.3) is 0 Å². The summed E-state index contributed by atoms with van der Waals surface area (Å²) in [6, 6.07) is 3.57. The normalized spacial score (nSPS) is 18.1. The Morgan fingerprint density at radius 2 is 2.33 bits per heavy atom. The molecule has 6 heteroatoms. The van der Waals surface area contributed by atoms with E-state index in [1.807, 2.05) is 11.0 Å².